The highest BCUT2D eigenvalue weighted by molar-refractivity contribution is 5.38. The first-order chi connectivity index (χ1) is 7.83. The van der Waals surface area contributed by atoms with Crippen LogP contribution in [0.5, 0.6) is 5.88 Å². The van der Waals surface area contributed by atoms with E-state index in [0.29, 0.717) is 18.5 Å². The van der Waals surface area contributed by atoms with Gasteiger partial charge >= 0.3 is 0 Å². The Bertz CT molecular complexity index is 336. The molecule has 1 aromatic heterocycles. The molecule has 0 spiro atoms. The molecule has 0 saturated heterocycles. The lowest BCUT2D eigenvalue weighted by Crippen LogP contribution is -2.21. The fourth-order valence-electron chi connectivity index (χ4n) is 1.97. The number of hydrogen-bond acceptors (Lipinski definition) is 3. The van der Waals surface area contributed by atoms with Gasteiger partial charge in [0.1, 0.15) is 5.82 Å². The van der Waals surface area contributed by atoms with E-state index in [1.54, 1.807) is 0 Å². The Kier molecular flexibility index (Phi) is 3.65. The average molecular weight is 220 g/mol. The Balaban J connectivity index is 1.99. The highest BCUT2D eigenvalue weighted by atomic mass is 16.5. The summed E-state index contributed by atoms with van der Waals surface area (Å²) in [5, 5.41) is 3.50. The first-order valence-corrected chi connectivity index (χ1v) is 6.19. The second kappa shape index (κ2) is 5.19. The molecule has 0 radical (unpaired) electrons. The number of pyridine rings is 1. The summed E-state index contributed by atoms with van der Waals surface area (Å²) in [6, 6.07) is 6.46. The summed E-state index contributed by atoms with van der Waals surface area (Å²) in [5.41, 5.74) is 0. The second-order valence-corrected chi connectivity index (χ2v) is 4.29. The van der Waals surface area contributed by atoms with Gasteiger partial charge in [0.2, 0.25) is 5.88 Å². The van der Waals surface area contributed by atoms with Crippen LogP contribution >= 0.6 is 0 Å². The molecule has 1 aromatic rings. The lowest BCUT2D eigenvalue weighted by Gasteiger charge is -2.17. The molecule has 88 valence electrons. The predicted molar refractivity (Wildman–Crippen MR) is 65.8 cm³/mol. The summed E-state index contributed by atoms with van der Waals surface area (Å²) < 4.78 is 5.39. The molecule has 16 heavy (non-hydrogen) atoms. The standard InChI is InChI=1S/C13H20N2O/c1-3-11(10-8-9-10)14-12-6-5-7-13(15-12)16-4-2/h5-7,10-11H,3-4,8-9H2,1-2H3,(H,14,15). The van der Waals surface area contributed by atoms with E-state index < -0.39 is 0 Å². The normalized spacial score (nSPS) is 16.9. The molecule has 1 aliphatic carbocycles. The van der Waals surface area contributed by atoms with Crippen molar-refractivity contribution in [3.8, 4) is 5.88 Å². The van der Waals surface area contributed by atoms with Crippen molar-refractivity contribution < 1.29 is 4.74 Å². The highest BCUT2D eigenvalue weighted by Crippen LogP contribution is 2.35. The van der Waals surface area contributed by atoms with Crippen molar-refractivity contribution in [3.63, 3.8) is 0 Å². The van der Waals surface area contributed by atoms with E-state index >= 15 is 0 Å². The van der Waals surface area contributed by atoms with Crippen LogP contribution in [0.15, 0.2) is 18.2 Å². The number of rotatable bonds is 6. The van der Waals surface area contributed by atoms with Gasteiger partial charge in [0, 0.05) is 12.1 Å². The van der Waals surface area contributed by atoms with Crippen molar-refractivity contribution >= 4 is 5.82 Å². The average Bonchev–Trinajstić information content (AvgIpc) is 3.11. The van der Waals surface area contributed by atoms with Crippen molar-refractivity contribution in [1.29, 1.82) is 0 Å². The summed E-state index contributed by atoms with van der Waals surface area (Å²) in [7, 11) is 0. The molecule has 3 nitrogen and oxygen atoms in total. The van der Waals surface area contributed by atoms with E-state index in [1.165, 1.54) is 12.8 Å². The lowest BCUT2D eigenvalue weighted by molar-refractivity contribution is 0.327. The van der Waals surface area contributed by atoms with Crippen molar-refractivity contribution in [2.24, 2.45) is 5.92 Å². The topological polar surface area (TPSA) is 34.1 Å². The number of ether oxygens (including phenoxy) is 1. The fraction of sp³-hybridized carbons (Fsp3) is 0.615. The van der Waals surface area contributed by atoms with Crippen LogP contribution in [0.2, 0.25) is 0 Å². The SMILES string of the molecule is CCOc1cccc(NC(CC)C2CC2)n1. The molecule has 1 N–H and O–H groups in total. The van der Waals surface area contributed by atoms with Gasteiger partial charge in [-0.15, -0.1) is 0 Å². The maximum absolute atomic E-state index is 5.39. The van der Waals surface area contributed by atoms with E-state index in [-0.39, 0.29) is 0 Å². The van der Waals surface area contributed by atoms with Crippen molar-refractivity contribution in [3.05, 3.63) is 18.2 Å². The van der Waals surface area contributed by atoms with Crippen molar-refractivity contribution in [1.82, 2.24) is 4.98 Å². The third-order valence-electron chi connectivity index (χ3n) is 2.98. The van der Waals surface area contributed by atoms with E-state index in [0.717, 1.165) is 18.2 Å². The monoisotopic (exact) mass is 220 g/mol. The van der Waals surface area contributed by atoms with E-state index in [9.17, 15) is 0 Å². The van der Waals surface area contributed by atoms with Gasteiger partial charge in [-0.2, -0.15) is 4.98 Å². The molecule has 0 aromatic carbocycles. The molecular formula is C13H20N2O. The van der Waals surface area contributed by atoms with Gasteiger partial charge in [-0.1, -0.05) is 13.0 Å². The van der Waals surface area contributed by atoms with Crippen LogP contribution in [0.3, 0.4) is 0 Å². The van der Waals surface area contributed by atoms with Crippen LogP contribution in [0.4, 0.5) is 5.82 Å². The van der Waals surface area contributed by atoms with E-state index in [1.807, 2.05) is 25.1 Å². The maximum atomic E-state index is 5.39. The molecular weight excluding hydrogens is 200 g/mol. The van der Waals surface area contributed by atoms with Gasteiger partial charge in [-0.3, -0.25) is 0 Å². The van der Waals surface area contributed by atoms with Crippen LogP contribution in [0, 0.1) is 5.92 Å². The van der Waals surface area contributed by atoms with Crippen LogP contribution in [-0.2, 0) is 0 Å². The van der Waals surface area contributed by atoms with Gasteiger partial charge in [0.25, 0.3) is 0 Å². The van der Waals surface area contributed by atoms with E-state index in [2.05, 4.69) is 17.2 Å². The largest absolute Gasteiger partial charge is 0.478 e. The Morgan fingerprint density at radius 2 is 2.25 bits per heavy atom. The minimum absolute atomic E-state index is 0.573. The van der Waals surface area contributed by atoms with E-state index in [4.69, 9.17) is 4.74 Å². The van der Waals surface area contributed by atoms with Gasteiger partial charge in [0.15, 0.2) is 0 Å². The van der Waals surface area contributed by atoms with Gasteiger partial charge in [0.05, 0.1) is 6.61 Å². The van der Waals surface area contributed by atoms with Crippen LogP contribution in [-0.4, -0.2) is 17.6 Å². The Morgan fingerprint density at radius 1 is 1.44 bits per heavy atom. The number of hydrogen-bond donors (Lipinski definition) is 1. The molecule has 2 rings (SSSR count). The molecule has 0 aliphatic heterocycles. The Hall–Kier alpha value is -1.25. The molecule has 1 atom stereocenters. The smallest absolute Gasteiger partial charge is 0.215 e. The summed E-state index contributed by atoms with van der Waals surface area (Å²) in [6.07, 6.45) is 3.87. The summed E-state index contributed by atoms with van der Waals surface area (Å²) in [6.45, 7) is 4.86. The fourth-order valence-corrected chi connectivity index (χ4v) is 1.97. The van der Waals surface area contributed by atoms with Crippen molar-refractivity contribution in [2.45, 2.75) is 39.2 Å². The number of aromatic nitrogens is 1. The molecule has 1 heterocycles. The summed E-state index contributed by atoms with van der Waals surface area (Å²) in [5.74, 6) is 2.49. The summed E-state index contributed by atoms with van der Waals surface area (Å²) >= 11 is 0. The summed E-state index contributed by atoms with van der Waals surface area (Å²) in [4.78, 5) is 4.43. The first-order valence-electron chi connectivity index (χ1n) is 6.19. The zero-order valence-electron chi connectivity index (χ0n) is 10.1. The second-order valence-electron chi connectivity index (χ2n) is 4.29. The van der Waals surface area contributed by atoms with Crippen LogP contribution in [0.1, 0.15) is 33.1 Å². The molecule has 0 bridgehead atoms. The Morgan fingerprint density at radius 3 is 2.88 bits per heavy atom. The molecule has 1 fully saturated rings. The highest BCUT2D eigenvalue weighted by Gasteiger charge is 2.29. The van der Waals surface area contributed by atoms with Crippen LogP contribution in [0.25, 0.3) is 0 Å². The minimum Gasteiger partial charge on any atom is -0.478 e. The third-order valence-corrected chi connectivity index (χ3v) is 2.98. The van der Waals surface area contributed by atoms with Gasteiger partial charge in [-0.25, -0.2) is 0 Å². The number of anilines is 1. The maximum Gasteiger partial charge on any atom is 0.215 e. The molecule has 1 aliphatic rings. The zero-order valence-corrected chi connectivity index (χ0v) is 10.1. The molecule has 1 saturated carbocycles. The quantitative estimate of drug-likeness (QED) is 0.800. The lowest BCUT2D eigenvalue weighted by atomic mass is 10.1. The van der Waals surface area contributed by atoms with Gasteiger partial charge < -0.3 is 10.1 Å². The number of nitrogens with one attached hydrogen (secondary N) is 1. The third kappa shape index (κ3) is 2.87. The first kappa shape index (κ1) is 11.2. The minimum atomic E-state index is 0.573. The van der Waals surface area contributed by atoms with Gasteiger partial charge in [-0.05, 0) is 38.2 Å². The van der Waals surface area contributed by atoms with Crippen molar-refractivity contribution in [2.75, 3.05) is 11.9 Å². The number of nitrogens with zero attached hydrogens (tertiary/aromatic N) is 1. The van der Waals surface area contributed by atoms with Crippen LogP contribution < -0.4 is 10.1 Å². The molecule has 3 heteroatoms. The Labute approximate surface area is 97.2 Å². The molecule has 1 unspecified atom stereocenters. The molecule has 0 amide bonds. The predicted octanol–water partition coefficient (Wildman–Crippen LogP) is 3.08. The zero-order chi connectivity index (χ0) is 11.4.